The van der Waals surface area contributed by atoms with Crippen LogP contribution in [-0.2, 0) is 20.7 Å². The zero-order chi connectivity index (χ0) is 21.4. The van der Waals surface area contributed by atoms with Crippen LogP contribution in [0.4, 0.5) is 0 Å². The van der Waals surface area contributed by atoms with Crippen molar-refractivity contribution in [2.45, 2.75) is 59.5 Å². The van der Waals surface area contributed by atoms with Gasteiger partial charge in [-0.1, -0.05) is 49.3 Å². The fourth-order valence-corrected chi connectivity index (χ4v) is 3.56. The van der Waals surface area contributed by atoms with Crippen molar-refractivity contribution in [2.75, 3.05) is 6.54 Å². The first kappa shape index (κ1) is 23.5. The summed E-state index contributed by atoms with van der Waals surface area (Å²) in [7, 11) is 0. The van der Waals surface area contributed by atoms with Gasteiger partial charge in [-0.3, -0.25) is 9.59 Å². The normalized spacial score (nSPS) is 14.6. The predicted molar refractivity (Wildman–Crippen MR) is 108 cm³/mol. The lowest BCUT2D eigenvalue weighted by Gasteiger charge is -2.38. The fraction of sp³-hybridized carbons (Fsp3) is 0.619. The smallest absolute Gasteiger partial charge is 0.310 e. The van der Waals surface area contributed by atoms with Crippen LogP contribution < -0.4 is 0 Å². The molecule has 1 N–H and O–H groups in total. The number of carboxylic acid groups (broad SMARTS) is 1. The Balaban J connectivity index is 3.46. The maximum Gasteiger partial charge on any atom is 0.310 e. The largest absolute Gasteiger partial charge is 0.481 e. The van der Waals surface area contributed by atoms with Crippen LogP contribution in [0.2, 0.25) is 0 Å². The lowest BCUT2D eigenvalue weighted by Crippen LogP contribution is -2.47. The van der Waals surface area contributed by atoms with Gasteiger partial charge in [0.15, 0.2) is 0 Å². The molecule has 0 unspecified atom stereocenters. The van der Waals surface area contributed by atoms with Crippen LogP contribution in [0, 0.1) is 17.3 Å². The van der Waals surface area contributed by atoms with E-state index < -0.39 is 28.9 Å². The molecule has 0 bridgehead atoms. The molecule has 2 atom stereocenters. The number of rotatable bonds is 10. The first-order chi connectivity index (χ1) is 13.0. The highest BCUT2D eigenvalue weighted by atomic mass is 16.6. The van der Waals surface area contributed by atoms with Crippen molar-refractivity contribution < 1.29 is 19.4 Å². The third-order valence-electron chi connectivity index (χ3n) is 4.50. The molecule has 28 heavy (non-hydrogen) atoms. The molecule has 7 heteroatoms. The molecule has 0 radical (unpaired) electrons. The molecule has 0 heterocycles. The van der Waals surface area contributed by atoms with Crippen molar-refractivity contribution in [3.05, 3.63) is 46.3 Å². The van der Waals surface area contributed by atoms with Gasteiger partial charge in [0.2, 0.25) is 0 Å². The summed E-state index contributed by atoms with van der Waals surface area (Å²) in [5.41, 5.74) is 7.35. The standard InChI is InChI=1S/C21H31N3O4/c1-15(2)13-21(19(26)27,14-16-9-7-6-8-10-16)17(11-12-23-24-22)18(25)28-20(3,4)5/h6-10,15,17H,11-14H2,1-5H3,(H,26,27)/t17-,21-/m1/s1. The Morgan fingerprint density at radius 2 is 1.82 bits per heavy atom. The monoisotopic (exact) mass is 389 g/mol. The number of ether oxygens (including phenoxy) is 1. The summed E-state index contributed by atoms with van der Waals surface area (Å²) in [5.74, 6) is -2.50. The summed E-state index contributed by atoms with van der Waals surface area (Å²) in [6.07, 6.45) is 0.615. The number of carbonyl (C=O) groups is 2. The Bertz CT molecular complexity index is 706. The minimum Gasteiger partial charge on any atom is -0.481 e. The molecule has 0 aliphatic rings. The van der Waals surface area contributed by atoms with E-state index in [1.165, 1.54) is 0 Å². The lowest BCUT2D eigenvalue weighted by atomic mass is 9.65. The first-order valence-electron chi connectivity index (χ1n) is 9.53. The Labute approximate surface area is 166 Å². The van der Waals surface area contributed by atoms with Gasteiger partial charge in [-0.05, 0) is 57.0 Å². The van der Waals surface area contributed by atoms with E-state index in [2.05, 4.69) is 10.0 Å². The quantitative estimate of drug-likeness (QED) is 0.262. The molecule has 0 fully saturated rings. The molecular formula is C21H31N3O4. The van der Waals surface area contributed by atoms with Gasteiger partial charge < -0.3 is 9.84 Å². The van der Waals surface area contributed by atoms with E-state index in [1.54, 1.807) is 20.8 Å². The van der Waals surface area contributed by atoms with Gasteiger partial charge in [0.1, 0.15) is 5.60 Å². The average Bonchev–Trinajstić information content (AvgIpc) is 2.56. The molecule has 154 valence electrons. The van der Waals surface area contributed by atoms with Crippen molar-refractivity contribution in [1.29, 1.82) is 0 Å². The van der Waals surface area contributed by atoms with Crippen molar-refractivity contribution in [3.8, 4) is 0 Å². The van der Waals surface area contributed by atoms with Crippen LogP contribution >= 0.6 is 0 Å². The molecule has 0 spiro atoms. The van der Waals surface area contributed by atoms with Gasteiger partial charge >= 0.3 is 11.9 Å². The third-order valence-corrected chi connectivity index (χ3v) is 4.50. The highest BCUT2D eigenvalue weighted by molar-refractivity contribution is 5.85. The van der Waals surface area contributed by atoms with Crippen LogP contribution in [0.25, 0.3) is 10.4 Å². The molecule has 1 rings (SSSR count). The van der Waals surface area contributed by atoms with Crippen molar-refractivity contribution in [2.24, 2.45) is 22.4 Å². The molecule has 1 aromatic carbocycles. The Hall–Kier alpha value is -2.53. The number of esters is 1. The van der Waals surface area contributed by atoms with E-state index in [0.29, 0.717) is 6.42 Å². The van der Waals surface area contributed by atoms with Crippen molar-refractivity contribution in [3.63, 3.8) is 0 Å². The molecule has 0 aliphatic carbocycles. The summed E-state index contributed by atoms with van der Waals surface area (Å²) < 4.78 is 5.57. The molecule has 1 aromatic rings. The van der Waals surface area contributed by atoms with Crippen LogP contribution in [0.15, 0.2) is 35.4 Å². The van der Waals surface area contributed by atoms with E-state index in [9.17, 15) is 14.7 Å². The van der Waals surface area contributed by atoms with Crippen molar-refractivity contribution in [1.82, 2.24) is 0 Å². The minimum absolute atomic E-state index is 0.0301. The highest BCUT2D eigenvalue weighted by Gasteiger charge is 2.50. The molecule has 0 aliphatic heterocycles. The second-order valence-electron chi connectivity index (χ2n) is 8.55. The van der Waals surface area contributed by atoms with Crippen molar-refractivity contribution >= 4 is 11.9 Å². The minimum atomic E-state index is -1.36. The topological polar surface area (TPSA) is 112 Å². The van der Waals surface area contributed by atoms with Crippen LogP contribution in [0.3, 0.4) is 0 Å². The second-order valence-corrected chi connectivity index (χ2v) is 8.55. The maximum atomic E-state index is 13.1. The predicted octanol–water partition coefficient (Wildman–Crippen LogP) is 5.00. The number of hydrogen-bond donors (Lipinski definition) is 1. The average molecular weight is 389 g/mol. The Morgan fingerprint density at radius 3 is 2.29 bits per heavy atom. The molecule has 0 amide bonds. The zero-order valence-corrected chi connectivity index (χ0v) is 17.4. The van der Waals surface area contributed by atoms with Crippen LogP contribution in [0.5, 0.6) is 0 Å². The molecule has 7 nitrogen and oxygen atoms in total. The Morgan fingerprint density at radius 1 is 1.21 bits per heavy atom. The van der Waals surface area contributed by atoms with Gasteiger partial charge in [0.25, 0.3) is 0 Å². The van der Waals surface area contributed by atoms with E-state index in [0.717, 1.165) is 5.56 Å². The molecule has 0 saturated carbocycles. The van der Waals surface area contributed by atoms with Crippen LogP contribution in [0.1, 0.15) is 53.0 Å². The van der Waals surface area contributed by atoms with E-state index in [4.69, 9.17) is 10.3 Å². The summed E-state index contributed by atoms with van der Waals surface area (Å²) in [5, 5.41) is 13.8. The first-order valence-corrected chi connectivity index (χ1v) is 9.53. The summed E-state index contributed by atoms with van der Waals surface area (Å²) >= 11 is 0. The molecule has 0 aromatic heterocycles. The maximum absolute atomic E-state index is 13.1. The molecule has 0 saturated heterocycles. The summed E-state index contributed by atoms with van der Waals surface area (Å²) in [6.45, 7) is 9.14. The van der Waals surface area contributed by atoms with E-state index >= 15 is 0 Å². The zero-order valence-electron chi connectivity index (χ0n) is 17.4. The van der Waals surface area contributed by atoms with E-state index in [1.807, 2.05) is 44.2 Å². The Kier molecular flexibility index (Phi) is 8.51. The van der Waals surface area contributed by atoms with E-state index in [-0.39, 0.29) is 25.3 Å². The molecular weight excluding hydrogens is 358 g/mol. The number of aliphatic carboxylic acids is 1. The third kappa shape index (κ3) is 6.89. The van der Waals surface area contributed by atoms with Gasteiger partial charge in [-0.2, -0.15) is 0 Å². The lowest BCUT2D eigenvalue weighted by molar-refractivity contribution is -0.175. The van der Waals surface area contributed by atoms with Gasteiger partial charge in [0, 0.05) is 11.5 Å². The van der Waals surface area contributed by atoms with Gasteiger partial charge in [0.05, 0.1) is 11.3 Å². The number of hydrogen-bond acceptors (Lipinski definition) is 4. The summed E-state index contributed by atoms with van der Waals surface area (Å²) in [4.78, 5) is 28.4. The second kappa shape index (κ2) is 10.1. The number of carboxylic acids is 1. The highest BCUT2D eigenvalue weighted by Crippen LogP contribution is 2.42. The summed E-state index contributed by atoms with van der Waals surface area (Å²) in [6, 6.07) is 9.27. The van der Waals surface area contributed by atoms with Gasteiger partial charge in [-0.25, -0.2) is 0 Å². The van der Waals surface area contributed by atoms with Gasteiger partial charge in [-0.15, -0.1) is 0 Å². The number of carbonyl (C=O) groups excluding carboxylic acids is 1. The van der Waals surface area contributed by atoms with Crippen LogP contribution in [-0.4, -0.2) is 29.2 Å². The fourth-order valence-electron chi connectivity index (χ4n) is 3.56. The number of azide groups is 1. The SMILES string of the molecule is CC(C)C[C@](Cc1ccccc1)(C(=O)O)[C@H](CCN=[N+]=[N-])C(=O)OC(C)(C)C. The number of benzene rings is 1. The number of nitrogens with zero attached hydrogens (tertiary/aromatic N) is 3.